The number of likely N-dealkylation sites (N-methyl/N-ethyl adjacent to an activating group) is 1. The molecule has 1 atom stereocenters. The van der Waals surface area contributed by atoms with Crippen LogP contribution in [0.25, 0.3) is 0 Å². The largest absolute Gasteiger partial charge is 0.313 e. The molecule has 0 aliphatic rings. The predicted molar refractivity (Wildman–Crippen MR) is 87.0 cm³/mol. The third kappa shape index (κ3) is 4.61. The molecule has 2 rings (SSSR count). The fourth-order valence-corrected chi connectivity index (χ4v) is 3.52. The van der Waals surface area contributed by atoms with E-state index in [0.717, 1.165) is 29.0 Å². The first-order chi connectivity index (χ1) is 9.69. The zero-order valence-corrected chi connectivity index (χ0v) is 14.1. The molecule has 6 heteroatoms. The van der Waals surface area contributed by atoms with Crippen molar-refractivity contribution in [3.8, 4) is 0 Å². The lowest BCUT2D eigenvalue weighted by Crippen LogP contribution is -2.34. The highest BCUT2D eigenvalue weighted by molar-refractivity contribution is 9.10. The van der Waals surface area contributed by atoms with E-state index in [0.29, 0.717) is 6.04 Å². The van der Waals surface area contributed by atoms with Crippen molar-refractivity contribution < 1.29 is 0 Å². The number of hydrogen-bond donors (Lipinski definition) is 1. The first kappa shape index (κ1) is 15.5. The van der Waals surface area contributed by atoms with E-state index in [-0.39, 0.29) is 0 Å². The molecule has 1 heterocycles. The predicted octanol–water partition coefficient (Wildman–Crippen LogP) is 2.89. The summed E-state index contributed by atoms with van der Waals surface area (Å²) in [5.41, 5.74) is 0. The van der Waals surface area contributed by atoms with E-state index in [2.05, 4.69) is 56.5 Å². The van der Waals surface area contributed by atoms with Crippen LogP contribution in [0.1, 0.15) is 12.7 Å². The maximum absolute atomic E-state index is 4.30. The van der Waals surface area contributed by atoms with Gasteiger partial charge in [0.2, 0.25) is 0 Å². The Bertz CT molecular complexity index is 543. The molecule has 0 spiro atoms. The SMILES string of the molecule is CCNC(CSc1cccc(Br)c1)Cc1ncnn1C. The summed E-state index contributed by atoms with van der Waals surface area (Å²) in [6.45, 7) is 3.09. The number of hydrogen-bond acceptors (Lipinski definition) is 4. The van der Waals surface area contributed by atoms with Crippen LogP contribution in [0, 0.1) is 0 Å². The summed E-state index contributed by atoms with van der Waals surface area (Å²) in [5, 5.41) is 7.64. The highest BCUT2D eigenvalue weighted by Crippen LogP contribution is 2.23. The van der Waals surface area contributed by atoms with Crippen LogP contribution in [0.3, 0.4) is 0 Å². The molecular weight excluding hydrogens is 336 g/mol. The number of thioether (sulfide) groups is 1. The average molecular weight is 355 g/mol. The molecule has 20 heavy (non-hydrogen) atoms. The molecule has 0 aliphatic heterocycles. The monoisotopic (exact) mass is 354 g/mol. The summed E-state index contributed by atoms with van der Waals surface area (Å²) in [6, 6.07) is 8.80. The second-order valence-electron chi connectivity index (χ2n) is 4.53. The van der Waals surface area contributed by atoms with E-state index in [1.54, 1.807) is 6.33 Å². The zero-order chi connectivity index (χ0) is 14.4. The Hall–Kier alpha value is -0.850. The molecular formula is C14H19BrN4S. The van der Waals surface area contributed by atoms with Crippen LogP contribution >= 0.6 is 27.7 Å². The quantitative estimate of drug-likeness (QED) is 0.776. The molecule has 1 unspecified atom stereocenters. The van der Waals surface area contributed by atoms with Gasteiger partial charge in [-0.05, 0) is 24.7 Å². The van der Waals surface area contributed by atoms with E-state index in [1.165, 1.54) is 4.90 Å². The minimum atomic E-state index is 0.395. The molecule has 0 fully saturated rings. The van der Waals surface area contributed by atoms with Crippen molar-refractivity contribution in [1.82, 2.24) is 20.1 Å². The summed E-state index contributed by atoms with van der Waals surface area (Å²) in [6.07, 6.45) is 2.51. The topological polar surface area (TPSA) is 42.7 Å². The van der Waals surface area contributed by atoms with Gasteiger partial charge in [0.15, 0.2) is 0 Å². The van der Waals surface area contributed by atoms with E-state index in [1.807, 2.05) is 29.6 Å². The first-order valence-corrected chi connectivity index (χ1v) is 8.41. The van der Waals surface area contributed by atoms with E-state index in [9.17, 15) is 0 Å². The van der Waals surface area contributed by atoms with Gasteiger partial charge in [0.05, 0.1) is 0 Å². The van der Waals surface area contributed by atoms with Gasteiger partial charge in [0.25, 0.3) is 0 Å². The van der Waals surface area contributed by atoms with Gasteiger partial charge >= 0.3 is 0 Å². The van der Waals surface area contributed by atoms with Crippen LogP contribution in [0.4, 0.5) is 0 Å². The summed E-state index contributed by atoms with van der Waals surface area (Å²) in [4.78, 5) is 5.58. The summed E-state index contributed by atoms with van der Waals surface area (Å²) >= 11 is 5.37. The van der Waals surface area contributed by atoms with Gasteiger partial charge in [-0.2, -0.15) is 5.10 Å². The third-order valence-electron chi connectivity index (χ3n) is 2.97. The van der Waals surface area contributed by atoms with Crippen LogP contribution in [-0.4, -0.2) is 33.1 Å². The Morgan fingerprint density at radius 2 is 2.30 bits per heavy atom. The lowest BCUT2D eigenvalue weighted by molar-refractivity contribution is 0.542. The van der Waals surface area contributed by atoms with Gasteiger partial charge in [-0.3, -0.25) is 4.68 Å². The molecule has 1 N–H and O–H groups in total. The Morgan fingerprint density at radius 1 is 1.45 bits per heavy atom. The second kappa shape index (κ2) is 7.81. The first-order valence-electron chi connectivity index (χ1n) is 6.63. The van der Waals surface area contributed by atoms with E-state index >= 15 is 0 Å². The number of nitrogens with zero attached hydrogens (tertiary/aromatic N) is 3. The fraction of sp³-hybridized carbons (Fsp3) is 0.429. The van der Waals surface area contributed by atoms with E-state index < -0.39 is 0 Å². The molecule has 2 aromatic rings. The minimum absolute atomic E-state index is 0.395. The number of halogens is 1. The molecule has 0 saturated carbocycles. The molecule has 0 radical (unpaired) electrons. The summed E-state index contributed by atoms with van der Waals surface area (Å²) in [5.74, 6) is 2.03. The lowest BCUT2D eigenvalue weighted by Gasteiger charge is -2.17. The number of aromatic nitrogens is 3. The lowest BCUT2D eigenvalue weighted by atomic mass is 10.2. The molecule has 108 valence electrons. The normalized spacial score (nSPS) is 12.6. The number of benzene rings is 1. The summed E-state index contributed by atoms with van der Waals surface area (Å²) < 4.78 is 2.96. The molecule has 0 saturated heterocycles. The van der Waals surface area contributed by atoms with Crippen LogP contribution in [-0.2, 0) is 13.5 Å². The average Bonchev–Trinajstić information content (AvgIpc) is 2.82. The van der Waals surface area contributed by atoms with Crippen molar-refractivity contribution in [1.29, 1.82) is 0 Å². The second-order valence-corrected chi connectivity index (χ2v) is 6.54. The van der Waals surface area contributed by atoms with Crippen LogP contribution in [0.2, 0.25) is 0 Å². The van der Waals surface area contributed by atoms with E-state index in [4.69, 9.17) is 0 Å². The van der Waals surface area contributed by atoms with Crippen molar-refractivity contribution in [2.24, 2.45) is 7.05 Å². The maximum atomic E-state index is 4.30. The van der Waals surface area contributed by atoms with Crippen molar-refractivity contribution in [2.45, 2.75) is 24.3 Å². The Kier molecular flexibility index (Phi) is 6.06. The van der Waals surface area contributed by atoms with Gasteiger partial charge < -0.3 is 5.32 Å². The van der Waals surface area contributed by atoms with Crippen LogP contribution in [0.15, 0.2) is 40.0 Å². The van der Waals surface area contributed by atoms with Crippen molar-refractivity contribution in [2.75, 3.05) is 12.3 Å². The zero-order valence-electron chi connectivity index (χ0n) is 11.7. The molecule has 4 nitrogen and oxygen atoms in total. The van der Waals surface area contributed by atoms with Crippen molar-refractivity contribution in [3.63, 3.8) is 0 Å². The molecule has 1 aromatic heterocycles. The Labute approximate surface area is 132 Å². The van der Waals surface area contributed by atoms with Gasteiger partial charge in [-0.25, -0.2) is 4.98 Å². The number of rotatable bonds is 7. The third-order valence-corrected chi connectivity index (χ3v) is 4.62. The van der Waals surface area contributed by atoms with Gasteiger partial charge in [0, 0.05) is 34.6 Å². The maximum Gasteiger partial charge on any atom is 0.138 e. The minimum Gasteiger partial charge on any atom is -0.313 e. The Balaban J connectivity index is 1.94. The molecule has 1 aromatic carbocycles. The standard InChI is InChI=1S/C14H19BrN4S/c1-3-16-12(8-14-17-10-18-19(14)2)9-20-13-6-4-5-11(15)7-13/h4-7,10,12,16H,3,8-9H2,1-2H3. The number of nitrogens with one attached hydrogen (secondary N) is 1. The van der Waals surface area contributed by atoms with Gasteiger partial charge in [0.1, 0.15) is 12.2 Å². The van der Waals surface area contributed by atoms with Crippen LogP contribution in [0.5, 0.6) is 0 Å². The highest BCUT2D eigenvalue weighted by atomic mass is 79.9. The number of aryl methyl sites for hydroxylation is 1. The smallest absolute Gasteiger partial charge is 0.138 e. The Morgan fingerprint density at radius 3 is 2.95 bits per heavy atom. The highest BCUT2D eigenvalue weighted by Gasteiger charge is 2.12. The van der Waals surface area contributed by atoms with Gasteiger partial charge in [-0.1, -0.05) is 28.9 Å². The molecule has 0 bridgehead atoms. The fourth-order valence-electron chi connectivity index (χ4n) is 1.96. The van der Waals surface area contributed by atoms with Crippen molar-refractivity contribution >= 4 is 27.7 Å². The molecule has 0 aliphatic carbocycles. The summed E-state index contributed by atoms with van der Waals surface area (Å²) in [7, 11) is 1.94. The van der Waals surface area contributed by atoms with Crippen LogP contribution < -0.4 is 5.32 Å². The molecule has 0 amide bonds. The van der Waals surface area contributed by atoms with Crippen molar-refractivity contribution in [3.05, 3.63) is 40.9 Å². The van der Waals surface area contributed by atoms with Gasteiger partial charge in [-0.15, -0.1) is 11.8 Å².